The standard InChI is InChI=1S/C19H15ClN4O/c1-11-8-16-18(21-11)23-17(12-4-2-5-13(20)9-12)24-19(16)22-14-6-3-7-15(25)10-14/h2-10,25H,1H3,(H2,21,22,23,24). The predicted octanol–water partition coefficient (Wildman–Crippen LogP) is 5.04. The second-order valence-electron chi connectivity index (χ2n) is 5.80. The molecule has 124 valence electrons. The van der Waals surface area contributed by atoms with Gasteiger partial charge in [0.05, 0.1) is 5.39 Å². The maximum Gasteiger partial charge on any atom is 0.163 e. The lowest BCUT2D eigenvalue weighted by molar-refractivity contribution is 0.475. The number of halogens is 1. The maximum atomic E-state index is 9.68. The molecule has 2 heterocycles. The first-order chi connectivity index (χ1) is 12.1. The van der Waals surface area contributed by atoms with Crippen molar-refractivity contribution in [1.82, 2.24) is 15.0 Å². The molecule has 0 spiro atoms. The van der Waals surface area contributed by atoms with Gasteiger partial charge in [-0.1, -0.05) is 29.8 Å². The van der Waals surface area contributed by atoms with E-state index in [1.807, 2.05) is 43.3 Å². The van der Waals surface area contributed by atoms with E-state index < -0.39 is 0 Å². The van der Waals surface area contributed by atoms with Crippen LogP contribution in [0.25, 0.3) is 22.4 Å². The average Bonchev–Trinajstić information content (AvgIpc) is 2.95. The second kappa shape index (κ2) is 6.11. The summed E-state index contributed by atoms with van der Waals surface area (Å²) in [5.74, 6) is 1.42. The fraction of sp³-hybridized carbons (Fsp3) is 0.0526. The number of anilines is 2. The SMILES string of the molecule is Cc1cc2c(Nc3cccc(O)c3)nc(-c3cccc(Cl)c3)nc2[nH]1. The number of aromatic nitrogens is 3. The third kappa shape index (κ3) is 3.14. The highest BCUT2D eigenvalue weighted by Gasteiger charge is 2.12. The summed E-state index contributed by atoms with van der Waals surface area (Å²) in [7, 11) is 0. The first-order valence-electron chi connectivity index (χ1n) is 7.78. The van der Waals surface area contributed by atoms with Gasteiger partial charge in [-0.05, 0) is 37.3 Å². The number of nitrogens with one attached hydrogen (secondary N) is 2. The highest BCUT2D eigenvalue weighted by Crippen LogP contribution is 2.29. The zero-order chi connectivity index (χ0) is 17.4. The normalized spacial score (nSPS) is 11.0. The van der Waals surface area contributed by atoms with Crippen LogP contribution in [0.1, 0.15) is 5.69 Å². The van der Waals surface area contributed by atoms with Crippen LogP contribution in [0.4, 0.5) is 11.5 Å². The van der Waals surface area contributed by atoms with E-state index in [0.717, 1.165) is 28.0 Å². The molecular formula is C19H15ClN4O. The topological polar surface area (TPSA) is 73.8 Å². The summed E-state index contributed by atoms with van der Waals surface area (Å²) < 4.78 is 0. The number of hydrogen-bond acceptors (Lipinski definition) is 4. The van der Waals surface area contributed by atoms with Crippen LogP contribution in [0.3, 0.4) is 0 Å². The van der Waals surface area contributed by atoms with Crippen LogP contribution in [-0.2, 0) is 0 Å². The molecule has 0 fully saturated rings. The minimum absolute atomic E-state index is 0.190. The highest BCUT2D eigenvalue weighted by molar-refractivity contribution is 6.30. The summed E-state index contributed by atoms with van der Waals surface area (Å²) in [5.41, 5.74) is 3.31. The highest BCUT2D eigenvalue weighted by atomic mass is 35.5. The van der Waals surface area contributed by atoms with Crippen LogP contribution in [0.5, 0.6) is 5.75 Å². The maximum absolute atomic E-state index is 9.68. The summed E-state index contributed by atoms with van der Waals surface area (Å²) >= 11 is 6.10. The summed E-state index contributed by atoms with van der Waals surface area (Å²) in [5, 5.41) is 14.5. The van der Waals surface area contributed by atoms with E-state index in [4.69, 9.17) is 11.6 Å². The van der Waals surface area contributed by atoms with Crippen molar-refractivity contribution < 1.29 is 5.11 Å². The minimum atomic E-state index is 0.190. The van der Waals surface area contributed by atoms with Gasteiger partial charge in [-0.3, -0.25) is 0 Å². The molecule has 0 aliphatic rings. The third-order valence-electron chi connectivity index (χ3n) is 3.81. The molecule has 0 saturated heterocycles. The molecule has 6 heteroatoms. The van der Waals surface area contributed by atoms with Crippen molar-refractivity contribution in [3.8, 4) is 17.1 Å². The van der Waals surface area contributed by atoms with E-state index >= 15 is 0 Å². The molecule has 0 bridgehead atoms. The Bertz CT molecular complexity index is 1070. The Morgan fingerprint density at radius 3 is 2.68 bits per heavy atom. The Hall–Kier alpha value is -3.05. The van der Waals surface area contributed by atoms with Crippen molar-refractivity contribution in [3.63, 3.8) is 0 Å². The van der Waals surface area contributed by atoms with Crippen LogP contribution in [0, 0.1) is 6.92 Å². The van der Waals surface area contributed by atoms with Crippen molar-refractivity contribution in [2.45, 2.75) is 6.92 Å². The predicted molar refractivity (Wildman–Crippen MR) is 100 cm³/mol. The largest absolute Gasteiger partial charge is 0.508 e. The molecule has 4 aromatic rings. The Kier molecular flexibility index (Phi) is 3.78. The lowest BCUT2D eigenvalue weighted by atomic mass is 10.2. The first-order valence-corrected chi connectivity index (χ1v) is 8.16. The molecule has 0 saturated carbocycles. The summed E-state index contributed by atoms with van der Waals surface area (Å²) in [4.78, 5) is 12.5. The lowest BCUT2D eigenvalue weighted by Crippen LogP contribution is -1.98. The molecule has 0 atom stereocenters. The van der Waals surface area contributed by atoms with Gasteiger partial charge in [0, 0.05) is 28.0 Å². The molecule has 0 aliphatic heterocycles. The van der Waals surface area contributed by atoms with E-state index in [1.165, 1.54) is 0 Å². The van der Waals surface area contributed by atoms with Crippen molar-refractivity contribution in [3.05, 3.63) is 65.3 Å². The van der Waals surface area contributed by atoms with Gasteiger partial charge in [0.2, 0.25) is 0 Å². The average molecular weight is 351 g/mol. The third-order valence-corrected chi connectivity index (χ3v) is 4.05. The summed E-state index contributed by atoms with van der Waals surface area (Å²) in [6.45, 7) is 1.97. The number of phenolic OH excluding ortho intramolecular Hbond substituents is 1. The van der Waals surface area contributed by atoms with Crippen LogP contribution in [0.15, 0.2) is 54.6 Å². The van der Waals surface area contributed by atoms with E-state index in [9.17, 15) is 5.11 Å². The van der Waals surface area contributed by atoms with E-state index in [0.29, 0.717) is 16.7 Å². The Morgan fingerprint density at radius 2 is 1.88 bits per heavy atom. The minimum Gasteiger partial charge on any atom is -0.508 e. The number of phenols is 1. The Labute approximate surface area is 149 Å². The van der Waals surface area contributed by atoms with Gasteiger partial charge < -0.3 is 15.4 Å². The monoisotopic (exact) mass is 350 g/mol. The lowest BCUT2D eigenvalue weighted by Gasteiger charge is -2.09. The Balaban J connectivity index is 1.86. The van der Waals surface area contributed by atoms with Gasteiger partial charge in [0.1, 0.15) is 17.2 Å². The number of H-pyrrole nitrogens is 1. The Morgan fingerprint density at radius 1 is 1.04 bits per heavy atom. The number of aryl methyl sites for hydroxylation is 1. The molecule has 0 aliphatic carbocycles. The van der Waals surface area contributed by atoms with E-state index in [2.05, 4.69) is 20.3 Å². The van der Waals surface area contributed by atoms with Crippen LogP contribution >= 0.6 is 11.6 Å². The van der Waals surface area contributed by atoms with Gasteiger partial charge >= 0.3 is 0 Å². The zero-order valence-corrected chi connectivity index (χ0v) is 14.2. The van der Waals surface area contributed by atoms with Gasteiger partial charge in [0.15, 0.2) is 5.82 Å². The first kappa shape index (κ1) is 15.5. The molecule has 0 unspecified atom stereocenters. The molecule has 25 heavy (non-hydrogen) atoms. The van der Waals surface area contributed by atoms with E-state index in [-0.39, 0.29) is 5.75 Å². The molecular weight excluding hydrogens is 336 g/mol. The number of hydrogen-bond donors (Lipinski definition) is 3. The van der Waals surface area contributed by atoms with Gasteiger partial charge in [-0.25, -0.2) is 9.97 Å². The molecule has 0 amide bonds. The molecule has 3 N–H and O–H groups in total. The van der Waals surface area contributed by atoms with Gasteiger partial charge in [0.25, 0.3) is 0 Å². The van der Waals surface area contributed by atoms with Crippen LogP contribution < -0.4 is 5.32 Å². The van der Waals surface area contributed by atoms with Gasteiger partial charge in [-0.2, -0.15) is 0 Å². The molecule has 2 aromatic heterocycles. The van der Waals surface area contributed by atoms with Crippen molar-refractivity contribution >= 4 is 34.1 Å². The van der Waals surface area contributed by atoms with Crippen LogP contribution in [-0.4, -0.2) is 20.1 Å². The van der Waals surface area contributed by atoms with E-state index in [1.54, 1.807) is 18.2 Å². The van der Waals surface area contributed by atoms with Crippen molar-refractivity contribution in [2.24, 2.45) is 0 Å². The number of rotatable bonds is 3. The fourth-order valence-corrected chi connectivity index (χ4v) is 2.90. The number of benzene rings is 2. The molecule has 4 rings (SSSR count). The zero-order valence-electron chi connectivity index (χ0n) is 13.4. The molecule has 2 aromatic carbocycles. The quantitative estimate of drug-likeness (QED) is 0.484. The molecule has 5 nitrogen and oxygen atoms in total. The van der Waals surface area contributed by atoms with Gasteiger partial charge in [-0.15, -0.1) is 0 Å². The van der Waals surface area contributed by atoms with Crippen molar-refractivity contribution in [1.29, 1.82) is 0 Å². The van der Waals surface area contributed by atoms with Crippen molar-refractivity contribution in [2.75, 3.05) is 5.32 Å². The fourth-order valence-electron chi connectivity index (χ4n) is 2.71. The summed E-state index contributed by atoms with van der Waals surface area (Å²) in [6.07, 6.45) is 0. The number of fused-ring (bicyclic) bond motifs is 1. The number of nitrogens with zero attached hydrogens (tertiary/aromatic N) is 2. The number of aromatic hydroxyl groups is 1. The molecule has 0 radical (unpaired) electrons. The second-order valence-corrected chi connectivity index (χ2v) is 6.23. The van der Waals surface area contributed by atoms with Crippen LogP contribution in [0.2, 0.25) is 5.02 Å². The summed E-state index contributed by atoms with van der Waals surface area (Å²) in [6, 6.07) is 16.3. The smallest absolute Gasteiger partial charge is 0.163 e. The number of aromatic amines is 1.